The van der Waals surface area contributed by atoms with Crippen LogP contribution in [0.25, 0.3) is 0 Å². The average Bonchev–Trinajstić information content (AvgIpc) is 3.08. The summed E-state index contributed by atoms with van der Waals surface area (Å²) < 4.78 is 0. The van der Waals surface area contributed by atoms with Crippen molar-refractivity contribution in [1.29, 1.82) is 0 Å². The molecule has 96 valence electrons. The van der Waals surface area contributed by atoms with Crippen LogP contribution in [-0.2, 0) is 26.2 Å². The Kier molecular flexibility index (Phi) is 5.83. The molecule has 2 atom stereocenters. The van der Waals surface area contributed by atoms with Gasteiger partial charge in [0.05, 0.1) is 0 Å². The predicted octanol–water partition coefficient (Wildman–Crippen LogP) is 4.97. The molecular weight excluding hydrogens is 307 g/mol. The van der Waals surface area contributed by atoms with Crippen molar-refractivity contribution in [2.45, 2.75) is 38.5 Å². The SMILES string of the molecule is C1=CCC2CC[CH-]C2=C1.C1=CCC2CC[CH-]C2=C1.[Zr+4]. The number of allylic oxidation sites excluding steroid dienone is 8. The fraction of sp³-hybridized carbons (Fsp3) is 0.444. The summed E-state index contributed by atoms with van der Waals surface area (Å²) in [6, 6.07) is 0. The smallest absolute Gasteiger partial charge is 0.227 e. The van der Waals surface area contributed by atoms with Crippen LogP contribution in [0.1, 0.15) is 38.5 Å². The van der Waals surface area contributed by atoms with Crippen LogP contribution >= 0.6 is 0 Å². The maximum Gasteiger partial charge on any atom is 4.00 e. The van der Waals surface area contributed by atoms with E-state index in [1.807, 2.05) is 0 Å². The molecule has 0 aromatic carbocycles. The Hall–Kier alpha value is -0.417. The third kappa shape index (κ3) is 3.79. The number of rotatable bonds is 0. The molecule has 0 heterocycles. The van der Waals surface area contributed by atoms with E-state index in [1.165, 1.54) is 38.5 Å². The summed E-state index contributed by atoms with van der Waals surface area (Å²) >= 11 is 0. The van der Waals surface area contributed by atoms with Gasteiger partial charge >= 0.3 is 26.2 Å². The topological polar surface area (TPSA) is 0 Å². The maximum atomic E-state index is 2.37. The molecule has 1 heteroatoms. The molecule has 2 saturated carbocycles. The van der Waals surface area contributed by atoms with Crippen molar-refractivity contribution < 1.29 is 26.2 Å². The van der Waals surface area contributed by atoms with Gasteiger partial charge in [-0.05, 0) is 24.7 Å². The third-order valence-corrected chi connectivity index (χ3v) is 4.42. The number of hydrogen-bond acceptors (Lipinski definition) is 0. The molecule has 4 aliphatic rings. The van der Waals surface area contributed by atoms with Gasteiger partial charge in [-0.2, -0.15) is 0 Å². The second kappa shape index (κ2) is 7.39. The summed E-state index contributed by atoms with van der Waals surface area (Å²) in [6.45, 7) is 0. The van der Waals surface area contributed by atoms with Gasteiger partial charge in [0.1, 0.15) is 0 Å². The zero-order chi connectivity index (χ0) is 12.2. The first-order valence-electron chi connectivity index (χ1n) is 7.33. The first-order chi connectivity index (χ1) is 8.93. The minimum atomic E-state index is 0. The van der Waals surface area contributed by atoms with Gasteiger partial charge in [-0.25, -0.2) is 36.1 Å². The van der Waals surface area contributed by atoms with Crippen LogP contribution < -0.4 is 0 Å². The van der Waals surface area contributed by atoms with Crippen molar-refractivity contribution in [2.75, 3.05) is 0 Å². The van der Waals surface area contributed by atoms with E-state index in [9.17, 15) is 0 Å². The zero-order valence-electron chi connectivity index (χ0n) is 11.5. The second-order valence-electron chi connectivity index (χ2n) is 5.62. The summed E-state index contributed by atoms with van der Waals surface area (Å²) in [7, 11) is 0. The normalized spacial score (nSPS) is 29.5. The van der Waals surface area contributed by atoms with E-state index in [4.69, 9.17) is 0 Å². The van der Waals surface area contributed by atoms with E-state index in [0.717, 1.165) is 11.8 Å². The first kappa shape index (κ1) is 15.0. The molecule has 0 radical (unpaired) electrons. The first-order valence-corrected chi connectivity index (χ1v) is 7.33. The summed E-state index contributed by atoms with van der Waals surface area (Å²) in [4.78, 5) is 0. The molecule has 2 fully saturated rings. The van der Waals surface area contributed by atoms with Gasteiger partial charge in [-0.15, -0.1) is 37.1 Å². The van der Waals surface area contributed by atoms with Crippen LogP contribution in [0.2, 0.25) is 0 Å². The van der Waals surface area contributed by atoms with Crippen LogP contribution in [0.4, 0.5) is 0 Å². The largest absolute Gasteiger partial charge is 4.00 e. The Morgan fingerprint density at radius 3 is 1.68 bits per heavy atom. The van der Waals surface area contributed by atoms with Gasteiger partial charge < -0.3 is 0 Å². The van der Waals surface area contributed by atoms with Crippen molar-refractivity contribution in [1.82, 2.24) is 0 Å². The second-order valence-corrected chi connectivity index (χ2v) is 5.62. The van der Waals surface area contributed by atoms with E-state index in [2.05, 4.69) is 49.3 Å². The van der Waals surface area contributed by atoms with Crippen molar-refractivity contribution in [3.8, 4) is 0 Å². The van der Waals surface area contributed by atoms with Crippen molar-refractivity contribution >= 4 is 0 Å². The molecular formula is C18H22Zr+2. The average molecular weight is 330 g/mol. The minimum absolute atomic E-state index is 0. The molecule has 0 aromatic heterocycles. The molecule has 0 spiro atoms. The fourth-order valence-electron chi connectivity index (χ4n) is 3.33. The summed E-state index contributed by atoms with van der Waals surface area (Å²) in [6.07, 6.45) is 26.1. The van der Waals surface area contributed by atoms with Gasteiger partial charge in [-0.3, -0.25) is 0 Å². The molecule has 0 aromatic rings. The van der Waals surface area contributed by atoms with E-state index >= 15 is 0 Å². The molecule has 4 aliphatic carbocycles. The Morgan fingerprint density at radius 2 is 1.26 bits per heavy atom. The maximum absolute atomic E-state index is 2.37. The van der Waals surface area contributed by atoms with Crippen LogP contribution in [-0.4, -0.2) is 0 Å². The molecule has 0 nitrogen and oxygen atoms in total. The molecule has 0 amide bonds. The summed E-state index contributed by atoms with van der Waals surface area (Å²) in [5, 5.41) is 0. The Morgan fingerprint density at radius 1 is 0.789 bits per heavy atom. The van der Waals surface area contributed by atoms with Gasteiger partial charge in [0.2, 0.25) is 0 Å². The Bertz CT molecular complexity index is 371. The van der Waals surface area contributed by atoms with E-state index in [1.54, 1.807) is 11.1 Å². The molecule has 0 saturated heterocycles. The fourth-order valence-corrected chi connectivity index (χ4v) is 3.33. The molecule has 2 unspecified atom stereocenters. The van der Waals surface area contributed by atoms with E-state index < -0.39 is 0 Å². The van der Waals surface area contributed by atoms with Crippen LogP contribution in [0.5, 0.6) is 0 Å². The standard InChI is InChI=1S/2C9H11.Zr/c2*1-2-5-9-7-3-6-8(9)4-1;/h2*1-2,4,6,9H,3,5,7H2;/q2*-1;+4. The monoisotopic (exact) mass is 328 g/mol. The zero-order valence-corrected chi connectivity index (χ0v) is 14.0. The number of hydrogen-bond donors (Lipinski definition) is 0. The quantitative estimate of drug-likeness (QED) is 0.550. The van der Waals surface area contributed by atoms with Crippen LogP contribution in [0.15, 0.2) is 47.6 Å². The molecule has 0 bridgehead atoms. The molecule has 0 aliphatic heterocycles. The molecule has 0 N–H and O–H groups in total. The number of fused-ring (bicyclic) bond motifs is 2. The van der Waals surface area contributed by atoms with Gasteiger partial charge in [0.25, 0.3) is 0 Å². The Balaban J connectivity index is 0.000000133. The van der Waals surface area contributed by atoms with Crippen LogP contribution in [0, 0.1) is 24.7 Å². The summed E-state index contributed by atoms with van der Waals surface area (Å²) in [5.41, 5.74) is 3.16. The van der Waals surface area contributed by atoms with Gasteiger partial charge in [0, 0.05) is 0 Å². The Labute approximate surface area is 136 Å². The van der Waals surface area contributed by atoms with E-state index in [-0.39, 0.29) is 26.2 Å². The molecule has 4 rings (SSSR count). The predicted molar refractivity (Wildman–Crippen MR) is 77.7 cm³/mol. The van der Waals surface area contributed by atoms with Crippen LogP contribution in [0.3, 0.4) is 0 Å². The van der Waals surface area contributed by atoms with Gasteiger partial charge in [-0.1, -0.05) is 12.8 Å². The van der Waals surface area contributed by atoms with Crippen molar-refractivity contribution in [3.63, 3.8) is 0 Å². The van der Waals surface area contributed by atoms with Gasteiger partial charge in [0.15, 0.2) is 0 Å². The van der Waals surface area contributed by atoms with Crippen molar-refractivity contribution in [3.05, 3.63) is 60.4 Å². The third-order valence-electron chi connectivity index (χ3n) is 4.42. The summed E-state index contributed by atoms with van der Waals surface area (Å²) in [5.74, 6) is 1.77. The van der Waals surface area contributed by atoms with Crippen molar-refractivity contribution in [2.24, 2.45) is 11.8 Å². The van der Waals surface area contributed by atoms with E-state index in [0.29, 0.717) is 0 Å². The minimum Gasteiger partial charge on any atom is -0.227 e. The molecule has 19 heavy (non-hydrogen) atoms.